The third-order valence-electron chi connectivity index (χ3n) is 7.91. The van der Waals surface area contributed by atoms with Crippen LogP contribution >= 0.6 is 0 Å². The van der Waals surface area contributed by atoms with E-state index in [0.29, 0.717) is 5.56 Å². The number of carbonyl (C=O) groups is 3. The van der Waals surface area contributed by atoms with Gasteiger partial charge in [-0.2, -0.15) is 0 Å². The topological polar surface area (TPSA) is 103 Å². The maximum Gasteiger partial charge on any atom is 0.305 e. The fourth-order valence-corrected chi connectivity index (χ4v) is 5.49. The summed E-state index contributed by atoms with van der Waals surface area (Å²) in [5, 5.41) is 12.5. The molecule has 2 N–H and O–H groups in total. The molecule has 1 heterocycles. The van der Waals surface area contributed by atoms with Gasteiger partial charge in [0.15, 0.2) is 0 Å². The number of nitrogens with zero attached hydrogens (tertiary/aromatic N) is 3. The van der Waals surface area contributed by atoms with E-state index in [1.54, 1.807) is 23.2 Å². The second-order valence-corrected chi connectivity index (χ2v) is 11.1. The number of hydrogen-bond acceptors (Lipinski definition) is 5. The normalized spacial score (nSPS) is 13.4. The molecule has 0 aliphatic heterocycles. The number of anilines is 2. The molecule has 222 valence electrons. The standard InChI is InChI=1S/C34H42N4O4/c1-3-4-19-37(2)31-16-15-28(22-30(31)36-33(41)26-11-6-5-7-12-26)27-13-8-10-25(21-27)24-38(20-17-32(39)40)34(42)29-14-9-18-35-23-29/h8-10,13-16,18,21-23,26H,3-7,11-12,17,19-20,24H2,1-2H3,(H,36,41)(H,39,40). The van der Waals surface area contributed by atoms with Gasteiger partial charge < -0.3 is 20.2 Å². The van der Waals surface area contributed by atoms with Gasteiger partial charge in [0.25, 0.3) is 5.91 Å². The van der Waals surface area contributed by atoms with E-state index in [1.807, 2.05) is 30.3 Å². The van der Waals surface area contributed by atoms with E-state index in [1.165, 1.54) is 12.6 Å². The van der Waals surface area contributed by atoms with Crippen LogP contribution in [0.5, 0.6) is 0 Å². The Morgan fingerprint density at radius 1 is 0.976 bits per heavy atom. The summed E-state index contributed by atoms with van der Waals surface area (Å²) >= 11 is 0. The number of hydrogen-bond donors (Lipinski definition) is 2. The molecule has 1 aliphatic carbocycles. The molecule has 1 aliphatic rings. The molecule has 2 aromatic carbocycles. The molecule has 4 rings (SSSR count). The van der Waals surface area contributed by atoms with Crippen molar-refractivity contribution >= 4 is 29.2 Å². The van der Waals surface area contributed by atoms with E-state index in [0.717, 1.165) is 73.1 Å². The number of rotatable bonds is 13. The Kier molecular flexibility index (Phi) is 11.1. The van der Waals surface area contributed by atoms with Crippen LogP contribution in [0.25, 0.3) is 11.1 Å². The Labute approximate surface area is 248 Å². The first-order valence-electron chi connectivity index (χ1n) is 15.0. The van der Waals surface area contributed by atoms with Crippen LogP contribution in [0.2, 0.25) is 0 Å². The highest BCUT2D eigenvalue weighted by atomic mass is 16.4. The molecular weight excluding hydrogens is 528 g/mol. The number of unbranched alkanes of at least 4 members (excludes halogenated alkanes) is 1. The lowest BCUT2D eigenvalue weighted by Crippen LogP contribution is -2.32. The van der Waals surface area contributed by atoms with Gasteiger partial charge in [-0.05, 0) is 66.3 Å². The average molecular weight is 571 g/mol. The van der Waals surface area contributed by atoms with Crippen molar-refractivity contribution in [2.75, 3.05) is 30.4 Å². The molecule has 8 heteroatoms. The van der Waals surface area contributed by atoms with Gasteiger partial charge in [0.05, 0.1) is 23.4 Å². The minimum absolute atomic E-state index is 0.0497. The van der Waals surface area contributed by atoms with Crippen LogP contribution in [0, 0.1) is 5.92 Å². The summed E-state index contributed by atoms with van der Waals surface area (Å²) in [6.07, 6.45) is 10.4. The van der Waals surface area contributed by atoms with E-state index < -0.39 is 5.97 Å². The highest BCUT2D eigenvalue weighted by Crippen LogP contribution is 2.33. The first kappa shape index (κ1) is 30.8. The molecule has 2 amide bonds. The van der Waals surface area contributed by atoms with Gasteiger partial charge in [-0.15, -0.1) is 0 Å². The largest absolute Gasteiger partial charge is 0.481 e. The molecule has 8 nitrogen and oxygen atoms in total. The maximum absolute atomic E-state index is 13.3. The zero-order valence-corrected chi connectivity index (χ0v) is 24.7. The third kappa shape index (κ3) is 8.41. The molecule has 0 atom stereocenters. The average Bonchev–Trinajstić information content (AvgIpc) is 3.02. The van der Waals surface area contributed by atoms with Crippen LogP contribution in [-0.2, 0) is 16.1 Å². The second-order valence-electron chi connectivity index (χ2n) is 11.1. The summed E-state index contributed by atoms with van der Waals surface area (Å²) in [7, 11) is 2.06. The van der Waals surface area contributed by atoms with Crippen molar-refractivity contribution in [3.8, 4) is 11.1 Å². The highest BCUT2D eigenvalue weighted by Gasteiger charge is 2.23. The predicted molar refractivity (Wildman–Crippen MR) is 166 cm³/mol. The van der Waals surface area contributed by atoms with Gasteiger partial charge >= 0.3 is 5.97 Å². The second kappa shape index (κ2) is 15.1. The zero-order valence-electron chi connectivity index (χ0n) is 24.7. The fraction of sp³-hybridized carbons (Fsp3) is 0.412. The Balaban J connectivity index is 1.60. The lowest BCUT2D eigenvalue weighted by Gasteiger charge is -2.26. The van der Waals surface area contributed by atoms with Crippen LogP contribution in [0.1, 0.15) is 74.2 Å². The molecular formula is C34H42N4O4. The molecule has 1 fully saturated rings. The number of amides is 2. The van der Waals surface area contributed by atoms with Gasteiger partial charge in [-0.1, -0.05) is 56.9 Å². The molecule has 1 aromatic heterocycles. The summed E-state index contributed by atoms with van der Waals surface area (Å²) in [5.41, 5.74) is 5.01. The monoisotopic (exact) mass is 570 g/mol. The Morgan fingerprint density at radius 3 is 2.48 bits per heavy atom. The lowest BCUT2D eigenvalue weighted by atomic mass is 9.88. The number of benzene rings is 2. The first-order valence-corrected chi connectivity index (χ1v) is 15.0. The summed E-state index contributed by atoms with van der Waals surface area (Å²) in [5.74, 6) is -1.08. The summed E-state index contributed by atoms with van der Waals surface area (Å²) < 4.78 is 0. The van der Waals surface area contributed by atoms with Crippen molar-refractivity contribution in [1.82, 2.24) is 9.88 Å². The van der Waals surface area contributed by atoms with Gasteiger partial charge in [0.1, 0.15) is 0 Å². The van der Waals surface area contributed by atoms with Crippen LogP contribution in [0.4, 0.5) is 11.4 Å². The number of carboxylic acid groups (broad SMARTS) is 1. The molecule has 0 saturated heterocycles. The molecule has 42 heavy (non-hydrogen) atoms. The number of nitrogens with one attached hydrogen (secondary N) is 1. The number of aromatic nitrogens is 1. The molecule has 0 bridgehead atoms. The van der Waals surface area contributed by atoms with E-state index >= 15 is 0 Å². The molecule has 0 spiro atoms. The number of carbonyl (C=O) groups excluding carboxylic acids is 2. The van der Waals surface area contributed by atoms with Crippen molar-refractivity contribution in [3.63, 3.8) is 0 Å². The minimum atomic E-state index is -0.959. The Morgan fingerprint density at radius 2 is 1.76 bits per heavy atom. The predicted octanol–water partition coefficient (Wildman–Crippen LogP) is 6.62. The van der Waals surface area contributed by atoms with Crippen molar-refractivity contribution < 1.29 is 19.5 Å². The highest BCUT2D eigenvalue weighted by molar-refractivity contribution is 5.97. The lowest BCUT2D eigenvalue weighted by molar-refractivity contribution is -0.137. The van der Waals surface area contributed by atoms with E-state index in [2.05, 4.69) is 41.3 Å². The van der Waals surface area contributed by atoms with Crippen molar-refractivity contribution in [3.05, 3.63) is 78.1 Å². The zero-order chi connectivity index (χ0) is 29.9. The number of carboxylic acids is 1. The molecule has 0 radical (unpaired) electrons. The Bertz CT molecular complexity index is 1350. The van der Waals surface area contributed by atoms with Crippen LogP contribution < -0.4 is 10.2 Å². The summed E-state index contributed by atoms with van der Waals surface area (Å²) in [4.78, 5) is 45.6. The van der Waals surface area contributed by atoms with Gasteiger partial charge in [0, 0.05) is 45.0 Å². The molecule has 3 aromatic rings. The number of pyridine rings is 1. The number of aliphatic carboxylic acids is 1. The maximum atomic E-state index is 13.3. The minimum Gasteiger partial charge on any atom is -0.481 e. The van der Waals surface area contributed by atoms with E-state index in [4.69, 9.17) is 0 Å². The van der Waals surface area contributed by atoms with Gasteiger partial charge in [0.2, 0.25) is 5.91 Å². The van der Waals surface area contributed by atoms with Crippen LogP contribution in [0.15, 0.2) is 67.0 Å². The summed E-state index contributed by atoms with van der Waals surface area (Å²) in [6.45, 7) is 3.42. The van der Waals surface area contributed by atoms with Crippen LogP contribution in [-0.4, -0.2) is 52.9 Å². The quantitative estimate of drug-likeness (QED) is 0.239. The Hall–Kier alpha value is -4.20. The van der Waals surface area contributed by atoms with Gasteiger partial charge in [-0.25, -0.2) is 0 Å². The smallest absolute Gasteiger partial charge is 0.305 e. The van der Waals surface area contributed by atoms with Crippen molar-refractivity contribution in [2.24, 2.45) is 5.92 Å². The molecule has 1 saturated carbocycles. The van der Waals surface area contributed by atoms with E-state index in [-0.39, 0.29) is 37.2 Å². The molecule has 0 unspecified atom stereocenters. The van der Waals surface area contributed by atoms with E-state index in [9.17, 15) is 19.5 Å². The van der Waals surface area contributed by atoms with Crippen molar-refractivity contribution in [2.45, 2.75) is 64.8 Å². The SMILES string of the molecule is CCCCN(C)c1ccc(-c2cccc(CN(CCC(=O)O)C(=O)c3cccnc3)c2)cc1NC(=O)C1CCCCC1. The third-order valence-corrected chi connectivity index (χ3v) is 7.91. The first-order chi connectivity index (χ1) is 20.4. The summed E-state index contributed by atoms with van der Waals surface area (Å²) in [6, 6.07) is 17.5. The van der Waals surface area contributed by atoms with Gasteiger partial charge in [-0.3, -0.25) is 19.4 Å². The van der Waals surface area contributed by atoms with Crippen LogP contribution in [0.3, 0.4) is 0 Å². The van der Waals surface area contributed by atoms with Crippen molar-refractivity contribution in [1.29, 1.82) is 0 Å². The fourth-order valence-electron chi connectivity index (χ4n) is 5.49.